The van der Waals surface area contributed by atoms with Crippen LogP contribution in [-0.2, 0) is 11.3 Å². The van der Waals surface area contributed by atoms with Crippen LogP contribution in [0.3, 0.4) is 0 Å². The third-order valence-corrected chi connectivity index (χ3v) is 4.22. The largest absolute Gasteiger partial charge is 0.347 e. The zero-order valence-electron chi connectivity index (χ0n) is 13.4. The van der Waals surface area contributed by atoms with E-state index in [1.807, 2.05) is 35.8 Å². The molecule has 1 atom stereocenters. The average Bonchev–Trinajstić information content (AvgIpc) is 2.89. The molecule has 1 aromatic heterocycles. The second kappa shape index (κ2) is 6.61. The predicted octanol–water partition coefficient (Wildman–Crippen LogP) is 4.07. The molecule has 124 valence electrons. The average molecular weight is 346 g/mol. The van der Waals surface area contributed by atoms with E-state index in [0.717, 1.165) is 11.0 Å². The van der Waals surface area contributed by atoms with E-state index in [1.165, 1.54) is 13.0 Å². The van der Waals surface area contributed by atoms with Crippen molar-refractivity contribution in [1.82, 2.24) is 14.9 Å². The number of imidazole rings is 1. The molecule has 0 saturated heterocycles. The number of hydrogen-bond donors (Lipinski definition) is 1. The van der Waals surface area contributed by atoms with Gasteiger partial charge in [-0.2, -0.15) is 0 Å². The molecule has 0 aliphatic heterocycles. The van der Waals surface area contributed by atoms with Crippen LogP contribution in [0.5, 0.6) is 0 Å². The molecule has 0 bridgehead atoms. The number of fused-ring (bicyclic) bond motifs is 1. The van der Waals surface area contributed by atoms with Crippen LogP contribution in [0.15, 0.2) is 42.5 Å². The van der Waals surface area contributed by atoms with Gasteiger partial charge in [0.25, 0.3) is 0 Å². The summed E-state index contributed by atoms with van der Waals surface area (Å²) < 4.78 is 16.1. The molecule has 3 aromatic rings. The topological polar surface area (TPSA) is 46.9 Å². The standard InChI is InChI=1S/C18H17ClFN3O/c1-11(21-12(2)24)18-22-16-8-3-4-9-17(16)23(18)10-13-14(19)6-5-7-15(13)20/h3-9,11H,10H2,1-2H3,(H,21,24). The fourth-order valence-electron chi connectivity index (χ4n) is 2.80. The molecular weight excluding hydrogens is 329 g/mol. The Morgan fingerprint density at radius 2 is 2.04 bits per heavy atom. The Labute approximate surface area is 144 Å². The zero-order chi connectivity index (χ0) is 17.3. The smallest absolute Gasteiger partial charge is 0.217 e. The van der Waals surface area contributed by atoms with Crippen molar-refractivity contribution in [3.05, 3.63) is 64.7 Å². The van der Waals surface area contributed by atoms with Crippen molar-refractivity contribution in [1.29, 1.82) is 0 Å². The molecule has 0 aliphatic carbocycles. The fraction of sp³-hybridized carbons (Fsp3) is 0.222. The van der Waals surface area contributed by atoms with Gasteiger partial charge >= 0.3 is 0 Å². The minimum absolute atomic E-state index is 0.148. The highest BCUT2D eigenvalue weighted by molar-refractivity contribution is 6.31. The molecule has 1 unspecified atom stereocenters. The summed E-state index contributed by atoms with van der Waals surface area (Å²) >= 11 is 6.17. The number of hydrogen-bond acceptors (Lipinski definition) is 2. The number of amides is 1. The summed E-state index contributed by atoms with van der Waals surface area (Å²) in [6.07, 6.45) is 0. The second-order valence-electron chi connectivity index (χ2n) is 5.67. The molecule has 0 spiro atoms. The molecule has 0 fully saturated rings. The number of para-hydroxylation sites is 2. The van der Waals surface area contributed by atoms with E-state index in [1.54, 1.807) is 12.1 Å². The normalized spacial score (nSPS) is 12.3. The fourth-order valence-corrected chi connectivity index (χ4v) is 3.02. The third kappa shape index (κ3) is 3.12. The summed E-state index contributed by atoms with van der Waals surface area (Å²) in [6.45, 7) is 3.55. The van der Waals surface area contributed by atoms with Gasteiger partial charge in [-0.25, -0.2) is 9.37 Å². The summed E-state index contributed by atoms with van der Waals surface area (Å²) in [5.74, 6) is 0.147. The molecule has 2 aromatic carbocycles. The minimum atomic E-state index is -0.363. The van der Waals surface area contributed by atoms with Crippen molar-refractivity contribution in [3.8, 4) is 0 Å². The number of carbonyl (C=O) groups excluding carboxylic acids is 1. The van der Waals surface area contributed by atoms with E-state index < -0.39 is 0 Å². The van der Waals surface area contributed by atoms with Crippen molar-refractivity contribution in [2.75, 3.05) is 0 Å². The molecule has 6 heteroatoms. The van der Waals surface area contributed by atoms with E-state index in [2.05, 4.69) is 10.3 Å². The summed E-state index contributed by atoms with van der Waals surface area (Å²) in [5.41, 5.74) is 2.06. The van der Waals surface area contributed by atoms with Crippen LogP contribution in [0, 0.1) is 5.82 Å². The number of halogens is 2. The molecule has 1 amide bonds. The summed E-state index contributed by atoms with van der Waals surface area (Å²) in [7, 11) is 0. The molecule has 4 nitrogen and oxygen atoms in total. The number of nitrogens with zero attached hydrogens (tertiary/aromatic N) is 2. The minimum Gasteiger partial charge on any atom is -0.347 e. The van der Waals surface area contributed by atoms with Crippen LogP contribution in [-0.4, -0.2) is 15.5 Å². The number of carbonyl (C=O) groups is 1. The lowest BCUT2D eigenvalue weighted by atomic mass is 10.2. The summed E-state index contributed by atoms with van der Waals surface area (Å²) in [5, 5.41) is 3.19. The van der Waals surface area contributed by atoms with Gasteiger partial charge in [-0.3, -0.25) is 4.79 Å². The Morgan fingerprint density at radius 3 is 2.75 bits per heavy atom. The Morgan fingerprint density at radius 1 is 1.29 bits per heavy atom. The van der Waals surface area contributed by atoms with Crippen molar-refractivity contribution < 1.29 is 9.18 Å². The number of rotatable bonds is 4. The molecule has 1 heterocycles. The highest BCUT2D eigenvalue weighted by atomic mass is 35.5. The van der Waals surface area contributed by atoms with Crippen LogP contribution in [0.25, 0.3) is 11.0 Å². The van der Waals surface area contributed by atoms with Crippen LogP contribution in [0.1, 0.15) is 31.3 Å². The quantitative estimate of drug-likeness (QED) is 0.774. The van der Waals surface area contributed by atoms with E-state index in [0.29, 0.717) is 16.4 Å². The maximum atomic E-state index is 14.2. The molecule has 1 N–H and O–H groups in total. The van der Waals surface area contributed by atoms with Crippen LogP contribution < -0.4 is 5.32 Å². The number of aromatic nitrogens is 2. The van der Waals surface area contributed by atoms with Gasteiger partial charge in [0, 0.05) is 17.5 Å². The van der Waals surface area contributed by atoms with Crippen molar-refractivity contribution in [2.24, 2.45) is 0 Å². The maximum Gasteiger partial charge on any atom is 0.217 e. The molecule has 0 aliphatic rings. The van der Waals surface area contributed by atoms with Gasteiger partial charge in [0.2, 0.25) is 5.91 Å². The highest BCUT2D eigenvalue weighted by Gasteiger charge is 2.19. The van der Waals surface area contributed by atoms with Gasteiger partial charge < -0.3 is 9.88 Å². The van der Waals surface area contributed by atoms with Crippen LogP contribution >= 0.6 is 11.6 Å². The first-order chi connectivity index (χ1) is 11.5. The lowest BCUT2D eigenvalue weighted by Crippen LogP contribution is -2.26. The van der Waals surface area contributed by atoms with E-state index >= 15 is 0 Å². The SMILES string of the molecule is CC(=O)NC(C)c1nc2ccccc2n1Cc1c(F)cccc1Cl. The van der Waals surface area contributed by atoms with E-state index in [9.17, 15) is 9.18 Å². The third-order valence-electron chi connectivity index (χ3n) is 3.87. The maximum absolute atomic E-state index is 14.2. The molecular formula is C18H17ClFN3O. The summed E-state index contributed by atoms with van der Waals surface area (Å²) in [4.78, 5) is 16.0. The van der Waals surface area contributed by atoms with Crippen molar-refractivity contribution >= 4 is 28.5 Å². The van der Waals surface area contributed by atoms with Crippen molar-refractivity contribution in [3.63, 3.8) is 0 Å². The van der Waals surface area contributed by atoms with Gasteiger partial charge in [0.1, 0.15) is 11.6 Å². The van der Waals surface area contributed by atoms with Gasteiger partial charge in [0.05, 0.1) is 23.6 Å². The van der Waals surface area contributed by atoms with Gasteiger partial charge in [-0.1, -0.05) is 29.8 Å². The van der Waals surface area contributed by atoms with E-state index in [-0.39, 0.29) is 24.3 Å². The lowest BCUT2D eigenvalue weighted by molar-refractivity contribution is -0.119. The van der Waals surface area contributed by atoms with Gasteiger partial charge in [-0.05, 0) is 31.2 Å². The zero-order valence-corrected chi connectivity index (χ0v) is 14.1. The number of nitrogens with one attached hydrogen (secondary N) is 1. The van der Waals surface area contributed by atoms with Crippen LogP contribution in [0.2, 0.25) is 5.02 Å². The van der Waals surface area contributed by atoms with Crippen LogP contribution in [0.4, 0.5) is 4.39 Å². The first kappa shape index (κ1) is 16.5. The monoisotopic (exact) mass is 345 g/mol. The molecule has 3 rings (SSSR count). The van der Waals surface area contributed by atoms with Gasteiger partial charge in [0.15, 0.2) is 0 Å². The molecule has 24 heavy (non-hydrogen) atoms. The molecule has 0 saturated carbocycles. The van der Waals surface area contributed by atoms with Crippen molar-refractivity contribution in [2.45, 2.75) is 26.4 Å². The lowest BCUT2D eigenvalue weighted by Gasteiger charge is -2.16. The Balaban J connectivity index is 2.12. The van der Waals surface area contributed by atoms with E-state index in [4.69, 9.17) is 11.6 Å². The second-order valence-corrected chi connectivity index (χ2v) is 6.07. The highest BCUT2D eigenvalue weighted by Crippen LogP contribution is 2.26. The first-order valence-corrected chi connectivity index (χ1v) is 8.00. The Kier molecular flexibility index (Phi) is 4.53. The van der Waals surface area contributed by atoms with Gasteiger partial charge in [-0.15, -0.1) is 0 Å². The Hall–Kier alpha value is -2.40. The molecule has 0 radical (unpaired) electrons. The Bertz CT molecular complexity index is 886. The number of benzene rings is 2. The first-order valence-electron chi connectivity index (χ1n) is 7.62. The summed E-state index contributed by atoms with van der Waals surface area (Å²) in [6, 6.07) is 11.9. The predicted molar refractivity (Wildman–Crippen MR) is 92.5 cm³/mol.